The number of rotatable bonds is 6. The van der Waals surface area contributed by atoms with Crippen LogP contribution in [0.3, 0.4) is 0 Å². The fraction of sp³-hybridized carbons (Fsp3) is 0.333. The van der Waals surface area contributed by atoms with Crippen molar-refractivity contribution in [1.82, 2.24) is 15.6 Å². The SMILES string of the molecule is CN=C(NCCc1ccc(Cl)nc1)NCc1ccc(N(C)C)c(F)c1.I. The number of anilines is 1. The minimum atomic E-state index is -0.234. The predicted molar refractivity (Wildman–Crippen MR) is 117 cm³/mol. The largest absolute Gasteiger partial charge is 0.375 e. The average molecular weight is 492 g/mol. The molecule has 0 bridgehead atoms. The number of aliphatic imine (C=N–C) groups is 1. The monoisotopic (exact) mass is 491 g/mol. The molecule has 26 heavy (non-hydrogen) atoms. The fourth-order valence-corrected chi connectivity index (χ4v) is 2.42. The number of benzene rings is 1. The lowest BCUT2D eigenvalue weighted by Crippen LogP contribution is -2.37. The molecule has 0 spiro atoms. The molecule has 0 saturated heterocycles. The summed E-state index contributed by atoms with van der Waals surface area (Å²) >= 11 is 5.77. The Bertz CT molecular complexity index is 722. The van der Waals surface area contributed by atoms with Crippen molar-refractivity contribution in [3.63, 3.8) is 0 Å². The summed E-state index contributed by atoms with van der Waals surface area (Å²) in [6, 6.07) is 8.93. The summed E-state index contributed by atoms with van der Waals surface area (Å²) in [7, 11) is 5.34. The fourth-order valence-electron chi connectivity index (χ4n) is 2.31. The van der Waals surface area contributed by atoms with Crippen LogP contribution >= 0.6 is 35.6 Å². The first-order valence-corrected chi connectivity index (χ1v) is 8.38. The van der Waals surface area contributed by atoms with Crippen LogP contribution < -0.4 is 15.5 Å². The molecule has 142 valence electrons. The molecule has 5 nitrogen and oxygen atoms in total. The van der Waals surface area contributed by atoms with Gasteiger partial charge in [-0.15, -0.1) is 24.0 Å². The summed E-state index contributed by atoms with van der Waals surface area (Å²) in [4.78, 5) is 9.97. The number of pyridine rings is 1. The van der Waals surface area contributed by atoms with Crippen LogP contribution in [0.2, 0.25) is 5.15 Å². The van der Waals surface area contributed by atoms with Gasteiger partial charge in [0, 0.05) is 40.4 Å². The maximum absolute atomic E-state index is 14.0. The van der Waals surface area contributed by atoms with E-state index >= 15 is 0 Å². The molecule has 0 saturated carbocycles. The van der Waals surface area contributed by atoms with Gasteiger partial charge >= 0.3 is 0 Å². The van der Waals surface area contributed by atoms with Gasteiger partial charge < -0.3 is 15.5 Å². The zero-order chi connectivity index (χ0) is 18.2. The molecule has 0 aliphatic rings. The number of aromatic nitrogens is 1. The Kier molecular flexibility index (Phi) is 9.64. The Balaban J connectivity index is 0.00000338. The molecule has 0 amide bonds. The van der Waals surface area contributed by atoms with Gasteiger partial charge in [-0.05, 0) is 35.7 Å². The molecule has 0 fully saturated rings. The number of nitrogens with zero attached hydrogens (tertiary/aromatic N) is 3. The Hall–Kier alpha value is -1.61. The van der Waals surface area contributed by atoms with Crippen LogP contribution in [-0.4, -0.2) is 38.6 Å². The number of hydrogen-bond donors (Lipinski definition) is 2. The van der Waals surface area contributed by atoms with E-state index in [1.165, 1.54) is 6.07 Å². The van der Waals surface area contributed by atoms with Crippen molar-refractivity contribution >= 4 is 47.2 Å². The van der Waals surface area contributed by atoms with Gasteiger partial charge in [0.05, 0.1) is 5.69 Å². The lowest BCUT2D eigenvalue weighted by Gasteiger charge is -2.15. The minimum Gasteiger partial charge on any atom is -0.375 e. The van der Waals surface area contributed by atoms with Crippen LogP contribution in [0.1, 0.15) is 11.1 Å². The van der Waals surface area contributed by atoms with Gasteiger partial charge in [0.1, 0.15) is 11.0 Å². The van der Waals surface area contributed by atoms with Crippen molar-refractivity contribution in [2.75, 3.05) is 32.6 Å². The third-order valence-electron chi connectivity index (χ3n) is 3.67. The molecule has 1 aromatic heterocycles. The molecule has 0 aliphatic carbocycles. The van der Waals surface area contributed by atoms with E-state index in [4.69, 9.17) is 11.6 Å². The smallest absolute Gasteiger partial charge is 0.191 e. The third-order valence-corrected chi connectivity index (χ3v) is 3.90. The van der Waals surface area contributed by atoms with Crippen LogP contribution in [0.4, 0.5) is 10.1 Å². The highest BCUT2D eigenvalue weighted by Crippen LogP contribution is 2.18. The predicted octanol–water partition coefficient (Wildman–Crippen LogP) is 3.47. The van der Waals surface area contributed by atoms with Crippen LogP contribution in [0.15, 0.2) is 41.5 Å². The quantitative estimate of drug-likeness (QED) is 0.281. The second-order valence-corrected chi connectivity index (χ2v) is 6.16. The van der Waals surface area contributed by atoms with E-state index in [2.05, 4.69) is 20.6 Å². The highest BCUT2D eigenvalue weighted by Gasteiger charge is 2.06. The second kappa shape index (κ2) is 11.2. The Morgan fingerprint density at radius 3 is 2.50 bits per heavy atom. The van der Waals surface area contributed by atoms with Crippen molar-refractivity contribution in [2.45, 2.75) is 13.0 Å². The lowest BCUT2D eigenvalue weighted by atomic mass is 10.2. The van der Waals surface area contributed by atoms with E-state index in [-0.39, 0.29) is 29.8 Å². The Morgan fingerprint density at radius 2 is 1.92 bits per heavy atom. The summed E-state index contributed by atoms with van der Waals surface area (Å²) in [6.45, 7) is 1.20. The number of nitrogens with one attached hydrogen (secondary N) is 2. The molecular weight excluding hydrogens is 468 g/mol. The first-order valence-electron chi connectivity index (χ1n) is 8.00. The van der Waals surface area contributed by atoms with E-state index in [0.29, 0.717) is 29.9 Å². The molecule has 1 aromatic carbocycles. The summed E-state index contributed by atoms with van der Waals surface area (Å²) in [5, 5.41) is 6.89. The van der Waals surface area contributed by atoms with Gasteiger partial charge in [0.25, 0.3) is 0 Å². The zero-order valence-corrected chi connectivity index (χ0v) is 18.2. The van der Waals surface area contributed by atoms with Gasteiger partial charge in [-0.3, -0.25) is 4.99 Å². The van der Waals surface area contributed by atoms with Crippen LogP contribution in [0.25, 0.3) is 0 Å². The van der Waals surface area contributed by atoms with Crippen LogP contribution in [0.5, 0.6) is 0 Å². The van der Waals surface area contributed by atoms with Crippen molar-refractivity contribution in [3.05, 3.63) is 58.6 Å². The van der Waals surface area contributed by atoms with Gasteiger partial charge in [-0.25, -0.2) is 9.37 Å². The maximum Gasteiger partial charge on any atom is 0.191 e. The first kappa shape index (κ1) is 22.4. The third kappa shape index (κ3) is 6.95. The van der Waals surface area contributed by atoms with E-state index in [9.17, 15) is 4.39 Å². The van der Waals surface area contributed by atoms with Gasteiger partial charge in [0.15, 0.2) is 5.96 Å². The van der Waals surface area contributed by atoms with Gasteiger partial charge in [-0.2, -0.15) is 0 Å². The van der Waals surface area contributed by atoms with E-state index in [1.807, 2.05) is 26.2 Å². The van der Waals surface area contributed by atoms with Crippen LogP contribution in [-0.2, 0) is 13.0 Å². The molecule has 0 radical (unpaired) electrons. The van der Waals surface area contributed by atoms with Crippen LogP contribution in [0, 0.1) is 5.82 Å². The minimum absolute atomic E-state index is 0. The molecule has 2 aromatic rings. The topological polar surface area (TPSA) is 52.6 Å². The summed E-state index contributed by atoms with van der Waals surface area (Å²) in [6.07, 6.45) is 2.56. The molecule has 0 atom stereocenters. The molecule has 0 unspecified atom stereocenters. The van der Waals surface area contributed by atoms with Crippen molar-refractivity contribution in [2.24, 2.45) is 4.99 Å². The van der Waals surface area contributed by atoms with Gasteiger partial charge in [-0.1, -0.05) is 23.7 Å². The molecule has 2 N–H and O–H groups in total. The standard InChI is InChI=1S/C18H23ClFN5.HI/c1-21-18(22-9-8-13-5-7-17(19)23-11-13)24-12-14-4-6-16(25(2)3)15(20)10-14;/h4-7,10-11H,8-9,12H2,1-3H3,(H2,21,22,24);1H. The summed E-state index contributed by atoms with van der Waals surface area (Å²) < 4.78 is 14.0. The molecule has 0 aliphatic heterocycles. The normalized spacial score (nSPS) is 10.9. The number of halogens is 3. The van der Waals surface area contributed by atoms with Gasteiger partial charge in [0.2, 0.25) is 0 Å². The number of guanidine groups is 1. The summed E-state index contributed by atoms with van der Waals surface area (Å²) in [5.74, 6) is 0.432. The Morgan fingerprint density at radius 1 is 1.19 bits per heavy atom. The second-order valence-electron chi connectivity index (χ2n) is 5.77. The molecule has 2 rings (SSSR count). The highest BCUT2D eigenvalue weighted by molar-refractivity contribution is 14.0. The molecule has 1 heterocycles. The lowest BCUT2D eigenvalue weighted by molar-refractivity contribution is 0.623. The highest BCUT2D eigenvalue weighted by atomic mass is 127. The van der Waals surface area contributed by atoms with E-state index in [0.717, 1.165) is 17.5 Å². The molecule has 8 heteroatoms. The summed E-state index contributed by atoms with van der Waals surface area (Å²) in [5.41, 5.74) is 2.52. The first-order chi connectivity index (χ1) is 12.0. The number of hydrogen-bond acceptors (Lipinski definition) is 3. The average Bonchev–Trinajstić information content (AvgIpc) is 2.59. The zero-order valence-electron chi connectivity index (χ0n) is 15.1. The Labute approximate surface area is 176 Å². The van der Waals surface area contributed by atoms with E-state index in [1.54, 1.807) is 30.3 Å². The molecular formula is C18H24ClFIN5. The maximum atomic E-state index is 14.0. The van der Waals surface area contributed by atoms with Crippen molar-refractivity contribution < 1.29 is 4.39 Å². The van der Waals surface area contributed by atoms with Crippen molar-refractivity contribution in [3.8, 4) is 0 Å². The van der Waals surface area contributed by atoms with Crippen molar-refractivity contribution in [1.29, 1.82) is 0 Å². The van der Waals surface area contributed by atoms with E-state index < -0.39 is 0 Å².